The molecule has 3 atom stereocenters. The molecule has 2 aromatic carbocycles. The van der Waals surface area contributed by atoms with Crippen molar-refractivity contribution in [2.24, 2.45) is 11.8 Å². The topological polar surface area (TPSA) is 45.7 Å². The first-order chi connectivity index (χ1) is 13.6. The van der Waals surface area contributed by atoms with Gasteiger partial charge in [-0.25, -0.2) is 4.98 Å². The molecule has 0 spiro atoms. The highest BCUT2D eigenvalue weighted by Gasteiger charge is 2.48. The van der Waals surface area contributed by atoms with E-state index in [2.05, 4.69) is 35.2 Å². The van der Waals surface area contributed by atoms with Crippen LogP contribution in [0.15, 0.2) is 48.5 Å². The Balaban J connectivity index is 1.44. The number of para-hydroxylation sites is 1. The molecule has 0 bridgehead atoms. The minimum atomic E-state index is 0.118. The first kappa shape index (κ1) is 17.5. The summed E-state index contributed by atoms with van der Waals surface area (Å²) in [5.74, 6) is 1.89. The predicted molar refractivity (Wildman–Crippen MR) is 112 cm³/mol. The van der Waals surface area contributed by atoms with E-state index in [1.807, 2.05) is 23.1 Å². The van der Waals surface area contributed by atoms with Gasteiger partial charge in [-0.1, -0.05) is 35.6 Å². The summed E-state index contributed by atoms with van der Waals surface area (Å²) in [5, 5.41) is 1.10. The summed E-state index contributed by atoms with van der Waals surface area (Å²) in [6, 6.07) is 16.6. The molecule has 6 heteroatoms. The summed E-state index contributed by atoms with van der Waals surface area (Å²) in [6.07, 6.45) is 0. The van der Waals surface area contributed by atoms with Crippen LogP contribution in [-0.2, 0) is 4.79 Å². The molecule has 28 heavy (non-hydrogen) atoms. The van der Waals surface area contributed by atoms with E-state index >= 15 is 0 Å². The van der Waals surface area contributed by atoms with Crippen LogP contribution < -0.4 is 9.64 Å². The Morgan fingerprint density at radius 3 is 2.61 bits per heavy atom. The van der Waals surface area contributed by atoms with Gasteiger partial charge < -0.3 is 14.5 Å². The lowest BCUT2D eigenvalue weighted by atomic mass is 9.89. The third-order valence-electron chi connectivity index (χ3n) is 6.08. The molecule has 0 N–H and O–H groups in total. The van der Waals surface area contributed by atoms with Crippen molar-refractivity contribution in [2.75, 3.05) is 31.6 Å². The van der Waals surface area contributed by atoms with Gasteiger partial charge in [0, 0.05) is 38.4 Å². The second-order valence-electron chi connectivity index (χ2n) is 7.68. The number of likely N-dealkylation sites (tertiary alicyclic amines) is 1. The van der Waals surface area contributed by atoms with Crippen molar-refractivity contribution in [1.82, 2.24) is 9.88 Å². The molecule has 0 saturated carbocycles. The fourth-order valence-corrected chi connectivity index (χ4v) is 5.73. The molecule has 2 aliphatic heterocycles. The Bertz CT molecular complexity index is 983. The number of thiazole rings is 1. The van der Waals surface area contributed by atoms with Gasteiger partial charge in [-0.15, -0.1) is 0 Å². The highest BCUT2D eigenvalue weighted by Crippen LogP contribution is 2.47. The fourth-order valence-electron chi connectivity index (χ4n) is 4.75. The lowest BCUT2D eigenvalue weighted by Crippen LogP contribution is -2.34. The SMILES string of the molecule is COc1ccc([C@H]2[C@@H]3CN(c4nc5ccccc5s4)C[C@@H]3CN2C(C)=O)cc1. The van der Waals surface area contributed by atoms with Gasteiger partial charge in [0.05, 0.1) is 23.4 Å². The van der Waals surface area contributed by atoms with Gasteiger partial charge in [-0.2, -0.15) is 0 Å². The second kappa shape index (κ2) is 6.78. The predicted octanol–water partition coefficient (Wildman–Crippen LogP) is 3.96. The van der Waals surface area contributed by atoms with Gasteiger partial charge in [0.15, 0.2) is 5.13 Å². The zero-order valence-corrected chi connectivity index (χ0v) is 16.9. The quantitative estimate of drug-likeness (QED) is 0.676. The molecule has 5 rings (SSSR count). The number of methoxy groups -OCH3 is 1. The van der Waals surface area contributed by atoms with E-state index in [0.29, 0.717) is 11.8 Å². The Morgan fingerprint density at radius 1 is 1.11 bits per heavy atom. The number of anilines is 1. The van der Waals surface area contributed by atoms with Gasteiger partial charge in [-0.3, -0.25) is 4.79 Å². The molecular weight excluding hydrogens is 370 g/mol. The first-order valence-electron chi connectivity index (χ1n) is 9.65. The zero-order valence-electron chi connectivity index (χ0n) is 16.0. The third kappa shape index (κ3) is 2.83. The molecule has 1 amide bonds. The number of rotatable bonds is 3. The highest BCUT2D eigenvalue weighted by atomic mass is 32.1. The molecule has 0 unspecified atom stereocenters. The van der Waals surface area contributed by atoms with Crippen LogP contribution >= 0.6 is 11.3 Å². The van der Waals surface area contributed by atoms with Crippen molar-refractivity contribution in [3.8, 4) is 5.75 Å². The normalized spacial score (nSPS) is 24.0. The van der Waals surface area contributed by atoms with Gasteiger partial charge >= 0.3 is 0 Å². The molecule has 2 fully saturated rings. The molecule has 144 valence electrons. The van der Waals surface area contributed by atoms with E-state index in [4.69, 9.17) is 9.72 Å². The van der Waals surface area contributed by atoms with Crippen molar-refractivity contribution in [2.45, 2.75) is 13.0 Å². The number of benzene rings is 2. The lowest BCUT2D eigenvalue weighted by molar-refractivity contribution is -0.130. The van der Waals surface area contributed by atoms with Crippen LogP contribution in [0.4, 0.5) is 5.13 Å². The van der Waals surface area contributed by atoms with E-state index in [9.17, 15) is 4.79 Å². The van der Waals surface area contributed by atoms with Gasteiger partial charge in [0.1, 0.15) is 5.75 Å². The molecule has 0 aliphatic carbocycles. The highest BCUT2D eigenvalue weighted by molar-refractivity contribution is 7.22. The maximum Gasteiger partial charge on any atom is 0.219 e. The van der Waals surface area contributed by atoms with Crippen LogP contribution in [0.5, 0.6) is 5.75 Å². The average Bonchev–Trinajstić information content (AvgIpc) is 3.39. The number of hydrogen-bond acceptors (Lipinski definition) is 5. The fraction of sp³-hybridized carbons (Fsp3) is 0.364. The number of carbonyl (C=O) groups is 1. The molecule has 2 aliphatic rings. The van der Waals surface area contributed by atoms with Crippen LogP contribution in [0.3, 0.4) is 0 Å². The Kier molecular flexibility index (Phi) is 4.23. The van der Waals surface area contributed by atoms with Crippen molar-refractivity contribution in [3.05, 3.63) is 54.1 Å². The lowest BCUT2D eigenvalue weighted by Gasteiger charge is -2.29. The summed E-state index contributed by atoms with van der Waals surface area (Å²) >= 11 is 1.76. The molecule has 3 heterocycles. The smallest absolute Gasteiger partial charge is 0.219 e. The van der Waals surface area contributed by atoms with Crippen LogP contribution in [0.25, 0.3) is 10.2 Å². The number of ether oxygens (including phenoxy) is 1. The summed E-state index contributed by atoms with van der Waals surface area (Å²) in [4.78, 5) is 21.6. The Hall–Kier alpha value is -2.60. The number of hydrogen-bond donors (Lipinski definition) is 0. The molecule has 0 radical (unpaired) electrons. The summed E-state index contributed by atoms with van der Waals surface area (Å²) in [5.41, 5.74) is 2.26. The summed E-state index contributed by atoms with van der Waals surface area (Å²) in [7, 11) is 1.68. The molecule has 3 aromatic rings. The monoisotopic (exact) mass is 393 g/mol. The molecular formula is C22H23N3O2S. The number of carbonyl (C=O) groups excluding carboxylic acids is 1. The maximum atomic E-state index is 12.3. The van der Waals surface area contributed by atoms with Crippen molar-refractivity contribution >= 4 is 32.6 Å². The number of fused-ring (bicyclic) bond motifs is 2. The maximum absolute atomic E-state index is 12.3. The van der Waals surface area contributed by atoms with Crippen LogP contribution in [-0.4, -0.2) is 42.5 Å². The minimum Gasteiger partial charge on any atom is -0.497 e. The summed E-state index contributed by atoms with van der Waals surface area (Å²) < 4.78 is 6.53. The molecule has 1 aromatic heterocycles. The van der Waals surface area contributed by atoms with Crippen LogP contribution in [0.1, 0.15) is 18.5 Å². The van der Waals surface area contributed by atoms with Gasteiger partial charge in [0.25, 0.3) is 0 Å². The van der Waals surface area contributed by atoms with Gasteiger partial charge in [0.2, 0.25) is 5.91 Å². The number of aromatic nitrogens is 1. The van der Waals surface area contributed by atoms with Crippen molar-refractivity contribution in [3.63, 3.8) is 0 Å². The Labute approximate surface area is 168 Å². The van der Waals surface area contributed by atoms with Crippen LogP contribution in [0.2, 0.25) is 0 Å². The van der Waals surface area contributed by atoms with E-state index in [1.165, 1.54) is 10.3 Å². The van der Waals surface area contributed by atoms with E-state index in [1.54, 1.807) is 25.4 Å². The van der Waals surface area contributed by atoms with Crippen LogP contribution in [0, 0.1) is 11.8 Å². The zero-order chi connectivity index (χ0) is 19.3. The molecule has 5 nitrogen and oxygen atoms in total. The number of amides is 1. The van der Waals surface area contributed by atoms with E-state index < -0.39 is 0 Å². The Morgan fingerprint density at radius 2 is 1.89 bits per heavy atom. The third-order valence-corrected chi connectivity index (χ3v) is 7.18. The van der Waals surface area contributed by atoms with E-state index in [-0.39, 0.29) is 11.9 Å². The molecule has 2 saturated heterocycles. The van der Waals surface area contributed by atoms with E-state index in [0.717, 1.165) is 36.0 Å². The van der Waals surface area contributed by atoms with Gasteiger partial charge in [-0.05, 0) is 29.8 Å². The standard InChI is InChI=1S/C22H23N3O2S/c1-14(26)25-12-16-11-24(22-23-19-5-3-4-6-20(19)28-22)13-18(16)21(25)15-7-9-17(27-2)10-8-15/h3-10,16,18,21H,11-13H2,1-2H3/t16-,18-,21+/m1/s1. The summed E-state index contributed by atoms with van der Waals surface area (Å²) in [6.45, 7) is 4.40. The minimum absolute atomic E-state index is 0.118. The second-order valence-corrected chi connectivity index (χ2v) is 8.69. The van der Waals surface area contributed by atoms with Crippen molar-refractivity contribution < 1.29 is 9.53 Å². The van der Waals surface area contributed by atoms with Crippen molar-refractivity contribution in [1.29, 1.82) is 0 Å². The first-order valence-corrected chi connectivity index (χ1v) is 10.5. The largest absolute Gasteiger partial charge is 0.497 e. The average molecular weight is 394 g/mol. The number of nitrogens with zero attached hydrogens (tertiary/aromatic N) is 3.